The quantitative estimate of drug-likeness (QED) is 0.867. The van der Waals surface area contributed by atoms with E-state index in [-0.39, 0.29) is 4.99 Å². The average Bonchev–Trinajstić information content (AvgIpc) is 2.77. The van der Waals surface area contributed by atoms with Gasteiger partial charge in [0.05, 0.1) is 17.4 Å². The van der Waals surface area contributed by atoms with Crippen molar-refractivity contribution in [3.8, 4) is 5.69 Å². The maximum absolute atomic E-state index is 12.5. The summed E-state index contributed by atoms with van der Waals surface area (Å²) in [7, 11) is 0. The van der Waals surface area contributed by atoms with Crippen LogP contribution >= 0.6 is 23.8 Å². The van der Waals surface area contributed by atoms with Gasteiger partial charge >= 0.3 is 6.18 Å². The molecule has 8 heteroatoms. The van der Waals surface area contributed by atoms with Gasteiger partial charge in [0.2, 0.25) is 0 Å². The van der Waals surface area contributed by atoms with E-state index in [1.165, 1.54) is 12.1 Å². The molecule has 0 atom stereocenters. The number of halogens is 4. The van der Waals surface area contributed by atoms with Gasteiger partial charge < -0.3 is 5.73 Å². The van der Waals surface area contributed by atoms with Gasteiger partial charge in [0, 0.05) is 16.8 Å². The molecule has 1 aromatic heterocycles. The lowest BCUT2D eigenvalue weighted by atomic mass is 10.2. The van der Waals surface area contributed by atoms with Crippen molar-refractivity contribution < 1.29 is 13.2 Å². The Hall–Kier alpha value is -1.60. The Morgan fingerprint density at radius 2 is 2.05 bits per heavy atom. The summed E-state index contributed by atoms with van der Waals surface area (Å²) in [5.74, 6) is 0. The molecule has 0 aliphatic carbocycles. The SMILES string of the molecule is NC(=S)c1ccc(Cl)cc1-n1cc(C(F)(F)F)cn1. The minimum Gasteiger partial charge on any atom is -0.389 e. The Labute approximate surface area is 116 Å². The van der Waals surface area contributed by atoms with Crippen LogP contribution in [0.2, 0.25) is 5.02 Å². The molecule has 1 aromatic carbocycles. The molecule has 2 N–H and O–H groups in total. The Kier molecular flexibility index (Phi) is 3.51. The molecule has 19 heavy (non-hydrogen) atoms. The molecular weight excluding hydrogens is 299 g/mol. The van der Waals surface area contributed by atoms with Crippen molar-refractivity contribution in [3.63, 3.8) is 0 Å². The number of nitrogens with zero attached hydrogens (tertiary/aromatic N) is 2. The maximum Gasteiger partial charge on any atom is 0.419 e. The van der Waals surface area contributed by atoms with Crippen LogP contribution in [0.1, 0.15) is 11.1 Å². The predicted molar refractivity (Wildman–Crippen MR) is 69.5 cm³/mol. The van der Waals surface area contributed by atoms with Crippen molar-refractivity contribution in [2.24, 2.45) is 5.73 Å². The van der Waals surface area contributed by atoms with Crippen LogP contribution in [0.15, 0.2) is 30.6 Å². The maximum atomic E-state index is 12.5. The van der Waals surface area contributed by atoms with Gasteiger partial charge in [0.25, 0.3) is 0 Å². The second kappa shape index (κ2) is 4.82. The second-order valence-corrected chi connectivity index (χ2v) is 4.57. The molecule has 0 saturated heterocycles. The topological polar surface area (TPSA) is 43.8 Å². The van der Waals surface area contributed by atoms with Crippen molar-refractivity contribution in [3.05, 3.63) is 46.7 Å². The van der Waals surface area contributed by atoms with E-state index in [0.29, 0.717) is 16.3 Å². The number of aromatic nitrogens is 2. The molecule has 0 spiro atoms. The Morgan fingerprint density at radius 3 is 2.58 bits per heavy atom. The van der Waals surface area contributed by atoms with Gasteiger partial charge in [-0.15, -0.1) is 0 Å². The second-order valence-electron chi connectivity index (χ2n) is 3.70. The van der Waals surface area contributed by atoms with E-state index in [1.54, 1.807) is 6.07 Å². The molecule has 2 rings (SSSR count). The van der Waals surface area contributed by atoms with Crippen molar-refractivity contribution >= 4 is 28.8 Å². The van der Waals surface area contributed by atoms with Gasteiger partial charge in [-0.05, 0) is 18.2 Å². The molecule has 1 heterocycles. The fourth-order valence-corrected chi connectivity index (χ4v) is 1.84. The van der Waals surface area contributed by atoms with Gasteiger partial charge in [-0.2, -0.15) is 18.3 Å². The molecule has 0 amide bonds. The first-order chi connectivity index (χ1) is 8.79. The van der Waals surface area contributed by atoms with Crippen LogP contribution in [0.4, 0.5) is 13.2 Å². The van der Waals surface area contributed by atoms with Gasteiger partial charge in [0.15, 0.2) is 0 Å². The van der Waals surface area contributed by atoms with Crippen LogP contribution in [0.25, 0.3) is 5.69 Å². The monoisotopic (exact) mass is 305 g/mol. The highest BCUT2D eigenvalue weighted by Gasteiger charge is 2.32. The molecule has 0 fully saturated rings. The number of hydrogen-bond acceptors (Lipinski definition) is 2. The first-order valence-corrected chi connectivity index (χ1v) is 5.79. The number of benzene rings is 1. The van der Waals surface area contributed by atoms with E-state index in [9.17, 15) is 13.2 Å². The van der Waals surface area contributed by atoms with Gasteiger partial charge in [-0.3, -0.25) is 0 Å². The van der Waals surface area contributed by atoms with Crippen molar-refractivity contribution in [1.29, 1.82) is 0 Å². The first-order valence-electron chi connectivity index (χ1n) is 5.00. The summed E-state index contributed by atoms with van der Waals surface area (Å²) in [5.41, 5.74) is 5.36. The minimum atomic E-state index is -4.46. The fourth-order valence-electron chi connectivity index (χ4n) is 1.50. The summed E-state index contributed by atoms with van der Waals surface area (Å²) in [6.07, 6.45) is -2.88. The van der Waals surface area contributed by atoms with Crippen LogP contribution in [-0.4, -0.2) is 14.8 Å². The van der Waals surface area contributed by atoms with Crippen LogP contribution in [0.3, 0.4) is 0 Å². The van der Waals surface area contributed by atoms with E-state index < -0.39 is 11.7 Å². The van der Waals surface area contributed by atoms with Gasteiger partial charge in [-0.1, -0.05) is 23.8 Å². The number of alkyl halides is 3. The Balaban J connectivity index is 2.55. The third-order valence-electron chi connectivity index (χ3n) is 2.38. The molecule has 0 unspecified atom stereocenters. The number of rotatable bonds is 2. The fraction of sp³-hybridized carbons (Fsp3) is 0.0909. The van der Waals surface area contributed by atoms with E-state index in [1.807, 2.05) is 0 Å². The molecule has 100 valence electrons. The normalized spacial score (nSPS) is 11.6. The van der Waals surface area contributed by atoms with Crippen molar-refractivity contribution in [2.45, 2.75) is 6.18 Å². The summed E-state index contributed by atoms with van der Waals surface area (Å²) < 4.78 is 38.6. The zero-order valence-electron chi connectivity index (χ0n) is 9.28. The molecule has 0 aliphatic heterocycles. The highest BCUT2D eigenvalue weighted by molar-refractivity contribution is 7.80. The van der Waals surface area contributed by atoms with Gasteiger partial charge in [0.1, 0.15) is 4.99 Å². The van der Waals surface area contributed by atoms with Crippen LogP contribution in [-0.2, 0) is 6.18 Å². The van der Waals surface area contributed by atoms with Crippen LogP contribution < -0.4 is 5.73 Å². The minimum absolute atomic E-state index is 0.0516. The van der Waals surface area contributed by atoms with E-state index in [0.717, 1.165) is 17.1 Å². The smallest absolute Gasteiger partial charge is 0.389 e. The highest BCUT2D eigenvalue weighted by Crippen LogP contribution is 2.30. The summed E-state index contributed by atoms with van der Waals surface area (Å²) in [4.78, 5) is 0.0516. The molecule has 0 bridgehead atoms. The van der Waals surface area contributed by atoms with Gasteiger partial charge in [-0.25, -0.2) is 4.68 Å². The third kappa shape index (κ3) is 2.87. The Morgan fingerprint density at radius 1 is 1.37 bits per heavy atom. The highest BCUT2D eigenvalue weighted by atomic mass is 35.5. The largest absolute Gasteiger partial charge is 0.419 e. The number of thiocarbonyl (C=S) groups is 1. The standard InChI is InChI=1S/C11H7ClF3N3S/c12-7-1-2-8(10(16)19)9(3-7)18-5-6(4-17-18)11(13,14)15/h1-5H,(H2,16,19). The van der Waals surface area contributed by atoms with Crippen molar-refractivity contribution in [2.75, 3.05) is 0 Å². The molecule has 2 aromatic rings. The molecule has 0 radical (unpaired) electrons. The van der Waals surface area contributed by atoms with E-state index in [4.69, 9.17) is 29.6 Å². The number of hydrogen-bond donors (Lipinski definition) is 1. The Bertz CT molecular complexity index is 636. The molecular formula is C11H7ClF3N3S. The summed E-state index contributed by atoms with van der Waals surface area (Å²) >= 11 is 10.7. The average molecular weight is 306 g/mol. The summed E-state index contributed by atoms with van der Waals surface area (Å²) in [5, 5.41) is 4.01. The van der Waals surface area contributed by atoms with E-state index in [2.05, 4.69) is 5.10 Å². The van der Waals surface area contributed by atoms with Crippen LogP contribution in [0.5, 0.6) is 0 Å². The van der Waals surface area contributed by atoms with E-state index >= 15 is 0 Å². The zero-order chi connectivity index (χ0) is 14.2. The summed E-state index contributed by atoms with van der Waals surface area (Å²) in [6.45, 7) is 0. The molecule has 3 nitrogen and oxygen atoms in total. The zero-order valence-corrected chi connectivity index (χ0v) is 10.9. The lowest BCUT2D eigenvalue weighted by Crippen LogP contribution is -2.13. The summed E-state index contributed by atoms with van der Waals surface area (Å²) in [6, 6.07) is 4.53. The number of nitrogens with two attached hydrogens (primary N) is 1. The van der Waals surface area contributed by atoms with Crippen molar-refractivity contribution in [1.82, 2.24) is 9.78 Å². The first kappa shape index (κ1) is 13.8. The third-order valence-corrected chi connectivity index (χ3v) is 2.84. The lowest BCUT2D eigenvalue weighted by molar-refractivity contribution is -0.137. The molecule has 0 saturated carbocycles. The lowest BCUT2D eigenvalue weighted by Gasteiger charge is -2.08. The molecule has 0 aliphatic rings. The predicted octanol–water partition coefficient (Wildman–Crippen LogP) is 3.18. The van der Waals surface area contributed by atoms with Crippen LogP contribution in [0, 0.1) is 0 Å².